The topological polar surface area (TPSA) is 37.7 Å². The summed E-state index contributed by atoms with van der Waals surface area (Å²) in [5.74, 6) is 1.06. The van der Waals surface area contributed by atoms with E-state index in [0.29, 0.717) is 6.04 Å². The predicted octanol–water partition coefficient (Wildman–Crippen LogP) is 2.85. The lowest BCUT2D eigenvalue weighted by molar-refractivity contribution is -0.134. The molecule has 1 amide bonds. The fourth-order valence-corrected chi connectivity index (χ4v) is 4.53. The predicted molar refractivity (Wildman–Crippen MR) is 104 cm³/mol. The maximum absolute atomic E-state index is 12.9. The van der Waals surface area contributed by atoms with Crippen LogP contribution in [-0.4, -0.2) is 60.1 Å². The zero-order valence-electron chi connectivity index (χ0n) is 16.0. The first-order chi connectivity index (χ1) is 12.6. The van der Waals surface area contributed by atoms with Crippen LogP contribution in [0.15, 0.2) is 30.5 Å². The molecule has 2 aliphatic rings. The number of methoxy groups -OCH3 is 1. The van der Waals surface area contributed by atoms with Crippen molar-refractivity contribution in [1.29, 1.82) is 0 Å². The maximum atomic E-state index is 12.9. The lowest BCUT2D eigenvalue weighted by Crippen LogP contribution is -2.48. The molecule has 0 spiro atoms. The van der Waals surface area contributed by atoms with E-state index in [1.54, 1.807) is 7.11 Å². The van der Waals surface area contributed by atoms with Gasteiger partial charge in [-0.3, -0.25) is 9.69 Å². The van der Waals surface area contributed by atoms with Gasteiger partial charge in [-0.25, -0.2) is 0 Å². The molecule has 0 saturated carbocycles. The zero-order chi connectivity index (χ0) is 18.4. The van der Waals surface area contributed by atoms with Crippen molar-refractivity contribution in [3.8, 4) is 5.75 Å². The Bertz CT molecular complexity index is 879. The van der Waals surface area contributed by atoms with Gasteiger partial charge in [0.25, 0.3) is 0 Å². The molecule has 1 aromatic carbocycles. The van der Waals surface area contributed by atoms with Crippen LogP contribution in [0.1, 0.15) is 19.4 Å². The molecule has 0 aliphatic carbocycles. The fourth-order valence-electron chi connectivity index (χ4n) is 4.53. The largest absolute Gasteiger partial charge is 0.496 e. The lowest BCUT2D eigenvalue weighted by atomic mass is 9.85. The molecule has 26 heavy (non-hydrogen) atoms. The van der Waals surface area contributed by atoms with Gasteiger partial charge in [-0.05, 0) is 44.7 Å². The van der Waals surface area contributed by atoms with Crippen molar-refractivity contribution in [2.24, 2.45) is 5.92 Å². The van der Waals surface area contributed by atoms with Crippen molar-refractivity contribution >= 4 is 22.4 Å². The quantitative estimate of drug-likeness (QED) is 0.848. The van der Waals surface area contributed by atoms with Gasteiger partial charge >= 0.3 is 0 Å². The molecule has 0 saturated heterocycles. The lowest BCUT2D eigenvalue weighted by Gasteiger charge is -2.41. The molecule has 0 fully saturated rings. The third-order valence-electron chi connectivity index (χ3n) is 5.93. The monoisotopic (exact) mass is 353 g/mol. The van der Waals surface area contributed by atoms with Crippen molar-refractivity contribution in [2.45, 2.75) is 26.4 Å². The highest BCUT2D eigenvalue weighted by Gasteiger charge is 2.36. The number of amides is 1. The number of benzene rings is 1. The van der Waals surface area contributed by atoms with E-state index >= 15 is 0 Å². The van der Waals surface area contributed by atoms with Crippen molar-refractivity contribution < 1.29 is 9.53 Å². The molecular formula is C21H27N3O2. The molecule has 2 aliphatic heterocycles. The summed E-state index contributed by atoms with van der Waals surface area (Å²) in [4.78, 5) is 17.2. The van der Waals surface area contributed by atoms with Crippen LogP contribution in [0.25, 0.3) is 16.5 Å². The minimum Gasteiger partial charge on any atom is -0.496 e. The van der Waals surface area contributed by atoms with E-state index in [-0.39, 0.29) is 11.8 Å². The second-order valence-electron chi connectivity index (χ2n) is 7.24. The second-order valence-corrected chi connectivity index (χ2v) is 7.24. The fraction of sp³-hybridized carbons (Fsp3) is 0.476. The van der Waals surface area contributed by atoms with E-state index in [9.17, 15) is 4.79 Å². The Kier molecular flexibility index (Phi) is 4.27. The minimum atomic E-state index is -0.0789. The van der Waals surface area contributed by atoms with Crippen LogP contribution in [0.3, 0.4) is 0 Å². The summed E-state index contributed by atoms with van der Waals surface area (Å²) >= 11 is 0. The zero-order valence-corrected chi connectivity index (χ0v) is 16.0. The summed E-state index contributed by atoms with van der Waals surface area (Å²) in [6, 6.07) is 6.63. The molecule has 5 heteroatoms. The average Bonchev–Trinajstić information content (AvgIpc) is 3.08. The van der Waals surface area contributed by atoms with Crippen LogP contribution in [0.2, 0.25) is 0 Å². The number of ether oxygens (including phenoxy) is 1. The summed E-state index contributed by atoms with van der Waals surface area (Å²) in [6.07, 6.45) is 4.37. The van der Waals surface area contributed by atoms with Gasteiger partial charge in [-0.2, -0.15) is 0 Å². The summed E-state index contributed by atoms with van der Waals surface area (Å²) in [5.41, 5.74) is 3.73. The van der Waals surface area contributed by atoms with E-state index in [2.05, 4.69) is 40.9 Å². The van der Waals surface area contributed by atoms with Crippen molar-refractivity contribution in [2.75, 3.05) is 33.8 Å². The molecule has 0 bridgehead atoms. The van der Waals surface area contributed by atoms with Gasteiger partial charge in [0, 0.05) is 43.3 Å². The van der Waals surface area contributed by atoms with Gasteiger partial charge < -0.3 is 14.2 Å². The summed E-state index contributed by atoms with van der Waals surface area (Å²) in [7, 11) is 3.85. The number of hydrogen-bond donors (Lipinski definition) is 0. The molecule has 0 radical (unpaired) electrons. The van der Waals surface area contributed by atoms with Gasteiger partial charge in [0.1, 0.15) is 5.75 Å². The smallest absolute Gasteiger partial charge is 0.230 e. The first kappa shape index (κ1) is 17.2. The van der Waals surface area contributed by atoms with Crippen LogP contribution in [0.5, 0.6) is 5.75 Å². The standard InChI is InChI=1S/C21H27N3O2/c1-5-23(6-2)21(25)14-11-17-15-7-8-19(26-4)16-9-10-24(20(15)16)13-18(17)22(3)12-14/h7-11,14,18H,5-6,12-13H2,1-4H3/t14-,18-/m1/s1. The highest BCUT2D eigenvalue weighted by Crippen LogP contribution is 2.41. The molecule has 2 aromatic rings. The number of nitrogens with zero attached hydrogens (tertiary/aromatic N) is 3. The Balaban J connectivity index is 1.82. The number of fused-ring (bicyclic) bond motifs is 2. The first-order valence-corrected chi connectivity index (χ1v) is 9.45. The van der Waals surface area contributed by atoms with E-state index in [1.165, 1.54) is 16.7 Å². The SMILES string of the molecule is CCN(CC)C(=O)[C@@H]1C=C2c3ccc(OC)c4ccn(c34)C[C@H]2N(C)C1. The van der Waals surface area contributed by atoms with Crippen LogP contribution in [-0.2, 0) is 11.3 Å². The molecular weight excluding hydrogens is 326 g/mol. The summed E-state index contributed by atoms with van der Waals surface area (Å²) in [5, 5.41) is 1.14. The second kappa shape index (κ2) is 6.47. The first-order valence-electron chi connectivity index (χ1n) is 9.45. The van der Waals surface area contributed by atoms with Crippen LogP contribution < -0.4 is 4.74 Å². The molecule has 5 nitrogen and oxygen atoms in total. The molecule has 0 N–H and O–H groups in total. The van der Waals surface area contributed by atoms with Crippen molar-refractivity contribution in [1.82, 2.24) is 14.4 Å². The van der Waals surface area contributed by atoms with E-state index in [1.807, 2.05) is 24.8 Å². The van der Waals surface area contributed by atoms with Gasteiger partial charge in [0.2, 0.25) is 5.91 Å². The van der Waals surface area contributed by atoms with Gasteiger partial charge in [-0.1, -0.05) is 6.08 Å². The molecule has 138 valence electrons. The van der Waals surface area contributed by atoms with Crippen molar-refractivity contribution in [3.63, 3.8) is 0 Å². The van der Waals surface area contributed by atoms with Crippen molar-refractivity contribution in [3.05, 3.63) is 36.0 Å². The summed E-state index contributed by atoms with van der Waals surface area (Å²) in [6.45, 7) is 7.31. The van der Waals surface area contributed by atoms with Crippen LogP contribution in [0.4, 0.5) is 0 Å². The normalized spacial score (nSPS) is 22.1. The van der Waals surface area contributed by atoms with Crippen LogP contribution in [0, 0.1) is 5.92 Å². The number of carbonyl (C=O) groups excluding carboxylic acids is 1. The Hall–Kier alpha value is -2.27. The number of hydrogen-bond acceptors (Lipinski definition) is 3. The van der Waals surface area contributed by atoms with Crippen LogP contribution >= 0.6 is 0 Å². The molecule has 0 unspecified atom stereocenters. The van der Waals surface area contributed by atoms with Gasteiger partial charge in [-0.15, -0.1) is 0 Å². The minimum absolute atomic E-state index is 0.0789. The number of carbonyl (C=O) groups is 1. The van der Waals surface area contributed by atoms with E-state index in [0.717, 1.165) is 37.3 Å². The Labute approximate surface area is 154 Å². The number of aromatic nitrogens is 1. The Morgan fingerprint density at radius 1 is 1.23 bits per heavy atom. The van der Waals surface area contributed by atoms with Gasteiger partial charge in [0.15, 0.2) is 0 Å². The third-order valence-corrected chi connectivity index (χ3v) is 5.93. The Morgan fingerprint density at radius 3 is 2.69 bits per heavy atom. The Morgan fingerprint density at radius 2 is 2.00 bits per heavy atom. The molecule has 2 atom stereocenters. The third kappa shape index (κ3) is 2.45. The molecule has 1 aromatic heterocycles. The van der Waals surface area contributed by atoms with Gasteiger partial charge in [0.05, 0.1) is 24.6 Å². The number of rotatable bonds is 4. The number of likely N-dealkylation sites (N-methyl/N-ethyl adjacent to an activating group) is 1. The summed E-state index contributed by atoms with van der Waals surface area (Å²) < 4.78 is 7.86. The highest BCUT2D eigenvalue weighted by molar-refractivity contribution is 5.99. The highest BCUT2D eigenvalue weighted by atomic mass is 16.5. The van der Waals surface area contributed by atoms with E-state index in [4.69, 9.17) is 4.74 Å². The van der Waals surface area contributed by atoms with E-state index < -0.39 is 0 Å². The average molecular weight is 353 g/mol. The maximum Gasteiger partial charge on any atom is 0.230 e. The molecule has 4 rings (SSSR count). The molecule has 3 heterocycles.